The van der Waals surface area contributed by atoms with Crippen molar-refractivity contribution in [3.63, 3.8) is 0 Å². The quantitative estimate of drug-likeness (QED) is 0.529. The highest BCUT2D eigenvalue weighted by Gasteiger charge is 2.18. The first-order valence-corrected chi connectivity index (χ1v) is 5.77. The van der Waals surface area contributed by atoms with Gasteiger partial charge in [0.1, 0.15) is 0 Å². The number of carboxylic acids is 2. The lowest BCUT2D eigenvalue weighted by atomic mass is 9.87. The Bertz CT molecular complexity index is 233. The van der Waals surface area contributed by atoms with Crippen LogP contribution in [0.3, 0.4) is 0 Å². The van der Waals surface area contributed by atoms with Gasteiger partial charge in [-0.15, -0.1) is 0 Å². The minimum atomic E-state index is -1.01. The molecule has 0 saturated carbocycles. The fourth-order valence-corrected chi connectivity index (χ4v) is 1.47. The summed E-state index contributed by atoms with van der Waals surface area (Å²) in [7, 11) is 0. The number of carbonyl (C=O) groups is 2. The molecule has 0 aliphatic heterocycles. The van der Waals surface area contributed by atoms with Gasteiger partial charge in [-0.05, 0) is 19.3 Å². The highest BCUT2D eigenvalue weighted by Crippen LogP contribution is 2.23. The Balaban J connectivity index is 3.40. The number of unbranched alkanes of at least 4 members (excludes halogenated alkanes) is 4. The predicted molar refractivity (Wildman–Crippen MR) is 56.1 cm³/mol. The van der Waals surface area contributed by atoms with Crippen LogP contribution >= 0.6 is 0 Å². The molecule has 4 heteroatoms. The summed E-state index contributed by atoms with van der Waals surface area (Å²) >= 11 is 0. The molecule has 0 radical (unpaired) electrons. The van der Waals surface area contributed by atoms with Crippen molar-refractivity contribution in [3.8, 4) is 0 Å². The van der Waals surface area contributed by atoms with E-state index in [-0.39, 0.29) is 6.42 Å². The number of rotatable bonds is 9. The van der Waals surface area contributed by atoms with Gasteiger partial charge in [-0.3, -0.25) is 0 Å². The Labute approximate surface area is 96.7 Å². The Morgan fingerprint density at radius 2 is 1.44 bits per heavy atom. The minimum Gasteiger partial charge on any atom is -0.550 e. The number of hydrogen-bond donors (Lipinski definition) is 0. The summed E-state index contributed by atoms with van der Waals surface area (Å²) in [5, 5.41) is 20.8. The van der Waals surface area contributed by atoms with Gasteiger partial charge in [-0.25, -0.2) is 0 Å². The van der Waals surface area contributed by atoms with Crippen molar-refractivity contribution in [1.29, 1.82) is 0 Å². The molecule has 0 amide bonds. The zero-order chi connectivity index (χ0) is 12.6. The Morgan fingerprint density at radius 1 is 0.938 bits per heavy atom. The van der Waals surface area contributed by atoms with Crippen LogP contribution in [0.25, 0.3) is 0 Å². The van der Waals surface area contributed by atoms with Gasteiger partial charge >= 0.3 is 0 Å². The summed E-state index contributed by atoms with van der Waals surface area (Å²) < 4.78 is 0. The maximum absolute atomic E-state index is 10.7. The van der Waals surface area contributed by atoms with Gasteiger partial charge in [0.25, 0.3) is 0 Å². The predicted octanol–water partition coefficient (Wildman–Crippen LogP) is 0.243. The van der Waals surface area contributed by atoms with Crippen molar-refractivity contribution < 1.29 is 19.8 Å². The van der Waals surface area contributed by atoms with Gasteiger partial charge in [-0.1, -0.05) is 39.5 Å². The fraction of sp³-hybridized carbons (Fsp3) is 0.833. The molecule has 0 heterocycles. The van der Waals surface area contributed by atoms with E-state index in [9.17, 15) is 19.8 Å². The lowest BCUT2D eigenvalue weighted by Gasteiger charge is -2.25. The number of carbonyl (C=O) groups excluding carboxylic acids is 2. The van der Waals surface area contributed by atoms with Gasteiger partial charge in [0.15, 0.2) is 0 Å². The maximum Gasteiger partial charge on any atom is 0.0470 e. The SMILES string of the molecule is CC(C)(CCCCCCCC(=O)[O-])C(=O)[O-]. The molecule has 0 rings (SSSR count). The first-order chi connectivity index (χ1) is 7.36. The molecule has 16 heavy (non-hydrogen) atoms. The highest BCUT2D eigenvalue weighted by molar-refractivity contribution is 5.71. The number of hydrogen-bond acceptors (Lipinski definition) is 4. The first kappa shape index (κ1) is 14.9. The van der Waals surface area contributed by atoms with Crippen molar-refractivity contribution in [2.75, 3.05) is 0 Å². The smallest absolute Gasteiger partial charge is 0.0470 e. The largest absolute Gasteiger partial charge is 0.550 e. The van der Waals surface area contributed by atoms with E-state index in [2.05, 4.69) is 0 Å². The minimum absolute atomic E-state index is 0.116. The second kappa shape index (κ2) is 7.25. The molecule has 0 bridgehead atoms. The van der Waals surface area contributed by atoms with Crippen molar-refractivity contribution in [2.24, 2.45) is 5.41 Å². The molecular weight excluding hydrogens is 208 g/mol. The average Bonchev–Trinajstić information content (AvgIpc) is 2.15. The van der Waals surface area contributed by atoms with Crippen LogP contribution in [0, 0.1) is 5.41 Å². The van der Waals surface area contributed by atoms with Gasteiger partial charge in [0, 0.05) is 17.4 Å². The zero-order valence-corrected chi connectivity index (χ0v) is 10.1. The molecule has 4 nitrogen and oxygen atoms in total. The Hall–Kier alpha value is -1.06. The van der Waals surface area contributed by atoms with E-state index in [0.717, 1.165) is 25.7 Å². The standard InChI is InChI=1S/C12H22O4/c1-12(2,11(15)16)9-7-5-3-4-6-8-10(13)14/h3-9H2,1-2H3,(H,13,14)(H,15,16)/p-2. The van der Waals surface area contributed by atoms with E-state index in [1.54, 1.807) is 13.8 Å². The first-order valence-electron chi connectivity index (χ1n) is 5.77. The summed E-state index contributed by atoms with van der Waals surface area (Å²) in [4.78, 5) is 20.8. The van der Waals surface area contributed by atoms with Gasteiger partial charge in [0.2, 0.25) is 0 Å². The molecule has 0 aromatic carbocycles. The van der Waals surface area contributed by atoms with Crippen LogP contribution < -0.4 is 10.2 Å². The number of aliphatic carboxylic acids is 2. The third-order valence-electron chi connectivity index (χ3n) is 2.74. The van der Waals surface area contributed by atoms with Crippen LogP contribution in [-0.4, -0.2) is 11.9 Å². The average molecular weight is 228 g/mol. The van der Waals surface area contributed by atoms with Gasteiger partial charge in [0.05, 0.1) is 0 Å². The van der Waals surface area contributed by atoms with E-state index < -0.39 is 17.4 Å². The van der Waals surface area contributed by atoms with E-state index in [0.29, 0.717) is 12.8 Å². The molecule has 94 valence electrons. The molecule has 0 spiro atoms. The van der Waals surface area contributed by atoms with Crippen molar-refractivity contribution >= 4 is 11.9 Å². The zero-order valence-electron chi connectivity index (χ0n) is 10.1. The molecular formula is C12H20O4-2. The van der Waals surface area contributed by atoms with Gasteiger partial charge < -0.3 is 19.8 Å². The topological polar surface area (TPSA) is 80.3 Å². The summed E-state index contributed by atoms with van der Waals surface area (Å²) in [6, 6.07) is 0. The number of carboxylic acid groups (broad SMARTS) is 2. The Kier molecular flexibility index (Phi) is 6.77. The van der Waals surface area contributed by atoms with Crippen LogP contribution in [0.4, 0.5) is 0 Å². The Morgan fingerprint density at radius 3 is 1.94 bits per heavy atom. The van der Waals surface area contributed by atoms with Crippen LogP contribution in [0.15, 0.2) is 0 Å². The van der Waals surface area contributed by atoms with E-state index in [4.69, 9.17) is 0 Å². The second-order valence-corrected chi connectivity index (χ2v) is 4.81. The molecule has 0 unspecified atom stereocenters. The van der Waals surface area contributed by atoms with Crippen LogP contribution in [0.5, 0.6) is 0 Å². The van der Waals surface area contributed by atoms with Crippen molar-refractivity contribution in [2.45, 2.75) is 58.8 Å². The monoisotopic (exact) mass is 228 g/mol. The third kappa shape index (κ3) is 7.26. The molecule has 0 fully saturated rings. The van der Waals surface area contributed by atoms with Crippen LogP contribution in [0.2, 0.25) is 0 Å². The fourth-order valence-electron chi connectivity index (χ4n) is 1.47. The summed E-state index contributed by atoms with van der Waals surface area (Å²) in [5.41, 5.74) is -0.759. The molecule has 0 saturated heterocycles. The van der Waals surface area contributed by atoms with Crippen LogP contribution in [-0.2, 0) is 9.59 Å². The highest BCUT2D eigenvalue weighted by atomic mass is 16.4. The summed E-state index contributed by atoms with van der Waals surface area (Å²) in [6.45, 7) is 3.33. The molecule has 0 atom stereocenters. The van der Waals surface area contributed by atoms with Crippen molar-refractivity contribution in [3.05, 3.63) is 0 Å². The van der Waals surface area contributed by atoms with E-state index in [1.807, 2.05) is 0 Å². The lowest BCUT2D eigenvalue weighted by Crippen LogP contribution is -2.37. The van der Waals surface area contributed by atoms with Gasteiger partial charge in [-0.2, -0.15) is 0 Å². The van der Waals surface area contributed by atoms with Crippen LogP contribution in [0.1, 0.15) is 58.8 Å². The molecule has 0 aliphatic carbocycles. The normalized spacial score (nSPS) is 11.4. The van der Waals surface area contributed by atoms with Crippen molar-refractivity contribution in [1.82, 2.24) is 0 Å². The lowest BCUT2D eigenvalue weighted by molar-refractivity contribution is -0.318. The molecule has 0 N–H and O–H groups in total. The summed E-state index contributed by atoms with van der Waals surface area (Å²) in [5.74, 6) is -2.01. The molecule has 0 aromatic rings. The van der Waals surface area contributed by atoms with E-state index >= 15 is 0 Å². The molecule has 0 aliphatic rings. The maximum atomic E-state index is 10.7. The third-order valence-corrected chi connectivity index (χ3v) is 2.74. The van der Waals surface area contributed by atoms with E-state index in [1.165, 1.54) is 0 Å². The summed E-state index contributed by atoms with van der Waals surface area (Å²) in [6.07, 6.45) is 4.94. The second-order valence-electron chi connectivity index (χ2n) is 4.81. The molecule has 0 aromatic heterocycles.